The fourth-order valence-corrected chi connectivity index (χ4v) is 2.83. The van der Waals surface area contributed by atoms with Gasteiger partial charge >= 0.3 is 6.09 Å². The number of aromatic nitrogens is 1. The van der Waals surface area contributed by atoms with Crippen LogP contribution in [0.1, 0.15) is 30.1 Å². The number of piperazine rings is 1. The Bertz CT molecular complexity index is 635. The van der Waals surface area contributed by atoms with Crippen molar-refractivity contribution in [2.24, 2.45) is 0 Å². The standard InChI is InChI=1S/C17H25ClN4O4/c1-4-5-10-26-17(24)22-8-6-21(7-9-22)15-14(18)11-13(12-19-15)16(23)20(2)25-3/h11-12H,4-10H2,1-3H3. The van der Waals surface area contributed by atoms with Gasteiger partial charge in [-0.15, -0.1) is 0 Å². The van der Waals surface area contributed by atoms with Crippen LogP contribution in [0.5, 0.6) is 0 Å². The average molecular weight is 385 g/mol. The molecule has 2 heterocycles. The molecule has 1 aliphatic heterocycles. The smallest absolute Gasteiger partial charge is 0.409 e. The molecule has 1 fully saturated rings. The summed E-state index contributed by atoms with van der Waals surface area (Å²) in [5.41, 5.74) is 0.348. The molecule has 26 heavy (non-hydrogen) atoms. The summed E-state index contributed by atoms with van der Waals surface area (Å²) in [5, 5.41) is 1.50. The van der Waals surface area contributed by atoms with Crippen LogP contribution >= 0.6 is 11.6 Å². The van der Waals surface area contributed by atoms with Gasteiger partial charge in [-0.2, -0.15) is 0 Å². The number of nitrogens with zero attached hydrogens (tertiary/aromatic N) is 4. The Labute approximate surface area is 158 Å². The lowest BCUT2D eigenvalue weighted by atomic mass is 10.2. The predicted molar refractivity (Wildman–Crippen MR) is 98.4 cm³/mol. The van der Waals surface area contributed by atoms with Crippen LogP contribution in [0.15, 0.2) is 12.3 Å². The number of unbranched alkanes of at least 4 members (excludes halogenated alkanes) is 1. The van der Waals surface area contributed by atoms with E-state index in [2.05, 4.69) is 11.9 Å². The lowest BCUT2D eigenvalue weighted by Gasteiger charge is -2.35. The fourth-order valence-electron chi connectivity index (χ4n) is 2.54. The fraction of sp³-hybridized carbons (Fsp3) is 0.588. The molecule has 9 heteroatoms. The third-order valence-electron chi connectivity index (χ3n) is 4.19. The highest BCUT2D eigenvalue weighted by Crippen LogP contribution is 2.25. The van der Waals surface area contributed by atoms with Crippen LogP contribution in [0.3, 0.4) is 0 Å². The van der Waals surface area contributed by atoms with Gasteiger partial charge in [-0.05, 0) is 12.5 Å². The highest BCUT2D eigenvalue weighted by atomic mass is 35.5. The van der Waals surface area contributed by atoms with Crippen LogP contribution in [0.4, 0.5) is 10.6 Å². The first-order valence-corrected chi connectivity index (χ1v) is 9.00. The minimum atomic E-state index is -0.326. The van der Waals surface area contributed by atoms with Crippen molar-refractivity contribution in [1.29, 1.82) is 0 Å². The number of carbonyl (C=O) groups is 2. The topological polar surface area (TPSA) is 75.2 Å². The number of hydrogen-bond donors (Lipinski definition) is 0. The summed E-state index contributed by atoms with van der Waals surface area (Å²) in [6.45, 7) is 4.78. The first-order chi connectivity index (χ1) is 12.5. The molecule has 1 saturated heterocycles. The maximum absolute atomic E-state index is 12.1. The van der Waals surface area contributed by atoms with Gasteiger partial charge in [0.05, 0.1) is 24.3 Å². The van der Waals surface area contributed by atoms with Gasteiger partial charge in [-0.1, -0.05) is 24.9 Å². The van der Waals surface area contributed by atoms with Crippen LogP contribution in [0.2, 0.25) is 5.02 Å². The number of carbonyl (C=O) groups excluding carboxylic acids is 2. The normalized spacial score (nSPS) is 14.3. The van der Waals surface area contributed by atoms with Crippen molar-refractivity contribution < 1.29 is 19.2 Å². The van der Waals surface area contributed by atoms with Gasteiger partial charge in [0.15, 0.2) is 0 Å². The Morgan fingerprint density at radius 3 is 2.58 bits per heavy atom. The van der Waals surface area contributed by atoms with E-state index in [9.17, 15) is 9.59 Å². The van der Waals surface area contributed by atoms with Crippen molar-refractivity contribution in [3.8, 4) is 0 Å². The zero-order valence-corrected chi connectivity index (χ0v) is 16.2. The molecule has 1 aromatic heterocycles. The summed E-state index contributed by atoms with van der Waals surface area (Å²) in [5.74, 6) is 0.274. The largest absolute Gasteiger partial charge is 0.449 e. The van der Waals surface area contributed by atoms with Gasteiger partial charge in [0.1, 0.15) is 5.82 Å². The number of amides is 2. The van der Waals surface area contributed by atoms with E-state index in [1.807, 2.05) is 4.90 Å². The summed E-state index contributed by atoms with van der Waals surface area (Å²) in [4.78, 5) is 36.9. The number of pyridine rings is 1. The van der Waals surface area contributed by atoms with E-state index in [0.717, 1.165) is 17.9 Å². The number of rotatable bonds is 6. The van der Waals surface area contributed by atoms with E-state index in [1.54, 1.807) is 11.0 Å². The lowest BCUT2D eigenvalue weighted by Crippen LogP contribution is -2.49. The van der Waals surface area contributed by atoms with Crippen LogP contribution < -0.4 is 4.90 Å². The highest BCUT2D eigenvalue weighted by molar-refractivity contribution is 6.33. The molecule has 1 aromatic rings. The molecule has 0 unspecified atom stereocenters. The van der Waals surface area contributed by atoms with Crippen molar-refractivity contribution in [2.75, 3.05) is 51.8 Å². The summed E-state index contributed by atoms with van der Waals surface area (Å²) >= 11 is 6.32. The van der Waals surface area contributed by atoms with Crippen molar-refractivity contribution in [1.82, 2.24) is 14.9 Å². The van der Waals surface area contributed by atoms with Gasteiger partial charge in [0.25, 0.3) is 5.91 Å². The van der Waals surface area contributed by atoms with E-state index in [0.29, 0.717) is 49.2 Å². The molecule has 0 saturated carbocycles. The zero-order valence-electron chi connectivity index (χ0n) is 15.4. The summed E-state index contributed by atoms with van der Waals surface area (Å²) in [6.07, 6.45) is 3.06. The summed E-state index contributed by atoms with van der Waals surface area (Å²) < 4.78 is 5.23. The molecule has 0 atom stereocenters. The Hall–Kier alpha value is -2.06. The maximum Gasteiger partial charge on any atom is 0.409 e. The molecule has 144 valence electrons. The molecule has 2 amide bonds. The second kappa shape index (κ2) is 9.59. The molecular formula is C17H25ClN4O4. The molecule has 0 bridgehead atoms. The highest BCUT2D eigenvalue weighted by Gasteiger charge is 2.24. The van der Waals surface area contributed by atoms with Crippen LogP contribution in [0, 0.1) is 0 Å². The molecule has 0 aliphatic carbocycles. The molecule has 2 rings (SSSR count). The van der Waals surface area contributed by atoms with Crippen molar-refractivity contribution in [3.63, 3.8) is 0 Å². The van der Waals surface area contributed by atoms with E-state index < -0.39 is 0 Å². The Kier molecular flexibility index (Phi) is 7.47. The molecule has 8 nitrogen and oxygen atoms in total. The molecule has 0 radical (unpaired) electrons. The number of hydroxylamine groups is 2. The van der Waals surface area contributed by atoms with Gasteiger partial charge in [0, 0.05) is 39.4 Å². The third-order valence-corrected chi connectivity index (χ3v) is 4.47. The Balaban J connectivity index is 1.95. The van der Waals surface area contributed by atoms with E-state index in [-0.39, 0.29) is 12.0 Å². The quantitative estimate of drug-likeness (QED) is 0.554. The van der Waals surface area contributed by atoms with Crippen LogP contribution in [-0.2, 0) is 9.57 Å². The Morgan fingerprint density at radius 1 is 1.31 bits per heavy atom. The SMILES string of the molecule is CCCCOC(=O)N1CCN(c2ncc(C(=O)N(C)OC)cc2Cl)CC1. The average Bonchev–Trinajstić information content (AvgIpc) is 2.67. The lowest BCUT2D eigenvalue weighted by molar-refractivity contribution is -0.0757. The maximum atomic E-state index is 12.1. The van der Waals surface area contributed by atoms with Crippen LogP contribution in [0.25, 0.3) is 0 Å². The monoisotopic (exact) mass is 384 g/mol. The molecule has 0 aromatic carbocycles. The van der Waals surface area contributed by atoms with Gasteiger partial charge in [-0.25, -0.2) is 14.8 Å². The minimum Gasteiger partial charge on any atom is -0.449 e. The van der Waals surface area contributed by atoms with Gasteiger partial charge in [-0.3, -0.25) is 9.63 Å². The number of anilines is 1. The van der Waals surface area contributed by atoms with Crippen molar-refractivity contribution >= 4 is 29.4 Å². The van der Waals surface area contributed by atoms with E-state index in [1.165, 1.54) is 20.4 Å². The molecule has 1 aliphatic rings. The van der Waals surface area contributed by atoms with E-state index in [4.69, 9.17) is 21.2 Å². The van der Waals surface area contributed by atoms with Gasteiger partial charge in [0.2, 0.25) is 0 Å². The zero-order chi connectivity index (χ0) is 19.1. The number of hydrogen-bond acceptors (Lipinski definition) is 6. The first-order valence-electron chi connectivity index (χ1n) is 8.62. The van der Waals surface area contributed by atoms with Gasteiger partial charge < -0.3 is 14.5 Å². The second-order valence-electron chi connectivity index (χ2n) is 5.96. The Morgan fingerprint density at radius 2 is 2.00 bits per heavy atom. The summed E-state index contributed by atoms with van der Waals surface area (Å²) in [6, 6.07) is 1.58. The molecule has 0 N–H and O–H groups in total. The van der Waals surface area contributed by atoms with Crippen molar-refractivity contribution in [2.45, 2.75) is 19.8 Å². The predicted octanol–water partition coefficient (Wildman–Crippen LogP) is 2.43. The van der Waals surface area contributed by atoms with E-state index >= 15 is 0 Å². The second-order valence-corrected chi connectivity index (χ2v) is 6.36. The molecular weight excluding hydrogens is 360 g/mol. The number of halogens is 1. The summed E-state index contributed by atoms with van der Waals surface area (Å²) in [7, 11) is 2.93. The molecule has 0 spiro atoms. The minimum absolute atomic E-state index is 0.277. The van der Waals surface area contributed by atoms with Crippen LogP contribution in [-0.4, -0.2) is 73.9 Å². The number of ether oxygens (including phenoxy) is 1. The first kappa shape index (κ1) is 20.3. The van der Waals surface area contributed by atoms with Crippen molar-refractivity contribution in [3.05, 3.63) is 22.8 Å². The third kappa shape index (κ3) is 4.98.